The van der Waals surface area contributed by atoms with E-state index in [9.17, 15) is 13.2 Å². The SMILES string of the molecule is FC(F)(F)Cn1cc(CN2CCNCC2c2ccncc2)cn1. The van der Waals surface area contributed by atoms with Gasteiger partial charge in [0.2, 0.25) is 0 Å². The average Bonchev–Trinajstić information content (AvgIpc) is 2.94. The summed E-state index contributed by atoms with van der Waals surface area (Å²) in [4.78, 5) is 6.28. The molecule has 0 spiro atoms. The first kappa shape index (κ1) is 15.9. The van der Waals surface area contributed by atoms with Crippen molar-refractivity contribution in [2.24, 2.45) is 0 Å². The van der Waals surface area contributed by atoms with E-state index in [4.69, 9.17) is 0 Å². The van der Waals surface area contributed by atoms with Crippen LogP contribution in [0.5, 0.6) is 0 Å². The Hall–Kier alpha value is -1.93. The zero-order valence-corrected chi connectivity index (χ0v) is 12.5. The van der Waals surface area contributed by atoms with Gasteiger partial charge >= 0.3 is 6.18 Å². The highest BCUT2D eigenvalue weighted by molar-refractivity contribution is 5.17. The summed E-state index contributed by atoms with van der Waals surface area (Å²) >= 11 is 0. The Kier molecular flexibility index (Phi) is 4.63. The number of hydrogen-bond donors (Lipinski definition) is 1. The van der Waals surface area contributed by atoms with Crippen LogP contribution in [0.3, 0.4) is 0 Å². The minimum absolute atomic E-state index is 0.178. The van der Waals surface area contributed by atoms with Crippen LogP contribution in [0.2, 0.25) is 0 Å². The lowest BCUT2D eigenvalue weighted by Gasteiger charge is -2.36. The van der Waals surface area contributed by atoms with Crippen LogP contribution in [0.15, 0.2) is 36.9 Å². The highest BCUT2D eigenvalue weighted by atomic mass is 19.4. The minimum Gasteiger partial charge on any atom is -0.314 e. The van der Waals surface area contributed by atoms with Crippen LogP contribution in [0.1, 0.15) is 17.2 Å². The summed E-state index contributed by atoms with van der Waals surface area (Å²) in [7, 11) is 0. The Morgan fingerprint density at radius 1 is 1.26 bits per heavy atom. The molecule has 3 heterocycles. The first-order chi connectivity index (χ1) is 11.0. The molecule has 0 amide bonds. The summed E-state index contributed by atoms with van der Waals surface area (Å²) in [5.41, 5.74) is 1.94. The molecule has 8 heteroatoms. The number of nitrogens with one attached hydrogen (secondary N) is 1. The van der Waals surface area contributed by atoms with Crippen molar-refractivity contribution in [1.29, 1.82) is 0 Å². The second-order valence-corrected chi connectivity index (χ2v) is 5.63. The van der Waals surface area contributed by atoms with E-state index >= 15 is 0 Å². The Labute approximate surface area is 132 Å². The van der Waals surface area contributed by atoms with E-state index in [0.29, 0.717) is 6.54 Å². The second kappa shape index (κ2) is 6.67. The maximum absolute atomic E-state index is 12.4. The van der Waals surface area contributed by atoms with Gasteiger partial charge in [0.1, 0.15) is 6.54 Å². The van der Waals surface area contributed by atoms with Crippen LogP contribution < -0.4 is 5.32 Å². The Bertz CT molecular complexity index is 626. The number of nitrogens with zero attached hydrogens (tertiary/aromatic N) is 4. The van der Waals surface area contributed by atoms with Crippen molar-refractivity contribution in [3.8, 4) is 0 Å². The van der Waals surface area contributed by atoms with E-state index in [2.05, 4.69) is 20.3 Å². The zero-order chi connectivity index (χ0) is 16.3. The summed E-state index contributed by atoms with van der Waals surface area (Å²) in [6, 6.07) is 4.12. The van der Waals surface area contributed by atoms with Crippen LogP contribution in [0.4, 0.5) is 13.2 Å². The van der Waals surface area contributed by atoms with Crippen molar-refractivity contribution in [2.75, 3.05) is 19.6 Å². The lowest BCUT2D eigenvalue weighted by molar-refractivity contribution is -0.142. The molecule has 0 radical (unpaired) electrons. The van der Waals surface area contributed by atoms with Gasteiger partial charge in [0.15, 0.2) is 0 Å². The van der Waals surface area contributed by atoms with E-state index in [-0.39, 0.29) is 6.04 Å². The van der Waals surface area contributed by atoms with Gasteiger partial charge in [-0.1, -0.05) is 0 Å². The van der Waals surface area contributed by atoms with Gasteiger partial charge in [-0.15, -0.1) is 0 Å². The third kappa shape index (κ3) is 4.29. The molecule has 23 heavy (non-hydrogen) atoms. The number of piperazine rings is 1. The van der Waals surface area contributed by atoms with Gasteiger partial charge in [0.25, 0.3) is 0 Å². The van der Waals surface area contributed by atoms with Crippen LogP contribution >= 0.6 is 0 Å². The van der Waals surface area contributed by atoms with Crippen LogP contribution in [0.25, 0.3) is 0 Å². The fraction of sp³-hybridized carbons (Fsp3) is 0.467. The van der Waals surface area contributed by atoms with Crippen LogP contribution in [0, 0.1) is 0 Å². The predicted octanol–water partition coefficient (Wildman–Crippen LogP) is 1.99. The second-order valence-electron chi connectivity index (χ2n) is 5.63. The Morgan fingerprint density at radius 3 is 2.78 bits per heavy atom. The van der Waals surface area contributed by atoms with Gasteiger partial charge in [-0.3, -0.25) is 14.6 Å². The normalized spacial score (nSPS) is 19.9. The number of pyridine rings is 1. The van der Waals surface area contributed by atoms with E-state index in [1.165, 1.54) is 12.4 Å². The highest BCUT2D eigenvalue weighted by Crippen LogP contribution is 2.24. The molecule has 0 bridgehead atoms. The van der Waals surface area contributed by atoms with Crippen LogP contribution in [-0.2, 0) is 13.1 Å². The smallest absolute Gasteiger partial charge is 0.314 e. The summed E-state index contributed by atoms with van der Waals surface area (Å²) in [5.74, 6) is 0. The number of aromatic nitrogens is 3. The third-order valence-electron chi connectivity index (χ3n) is 3.86. The Balaban J connectivity index is 1.70. The standard InChI is InChI=1S/C15H18F3N5/c16-15(17,18)11-23-10-12(7-21-23)9-22-6-5-20-8-14(22)13-1-3-19-4-2-13/h1-4,7,10,14,20H,5-6,8-9,11H2. The summed E-state index contributed by atoms with van der Waals surface area (Å²) in [6.07, 6.45) is 2.24. The maximum atomic E-state index is 12.4. The number of alkyl halides is 3. The number of rotatable bonds is 4. The van der Waals surface area contributed by atoms with E-state index in [1.54, 1.807) is 12.4 Å². The maximum Gasteiger partial charge on any atom is 0.408 e. The van der Waals surface area contributed by atoms with E-state index in [1.807, 2.05) is 12.1 Å². The molecular weight excluding hydrogens is 307 g/mol. The number of halogens is 3. The molecule has 5 nitrogen and oxygen atoms in total. The monoisotopic (exact) mass is 325 g/mol. The zero-order valence-electron chi connectivity index (χ0n) is 12.5. The van der Waals surface area contributed by atoms with Gasteiger partial charge in [-0.25, -0.2) is 0 Å². The molecule has 0 aromatic carbocycles. The predicted molar refractivity (Wildman–Crippen MR) is 78.5 cm³/mol. The minimum atomic E-state index is -4.25. The van der Waals surface area contributed by atoms with Crippen molar-refractivity contribution in [3.63, 3.8) is 0 Å². The molecule has 1 N–H and O–H groups in total. The topological polar surface area (TPSA) is 46.0 Å². The largest absolute Gasteiger partial charge is 0.408 e. The van der Waals surface area contributed by atoms with Crippen molar-refractivity contribution < 1.29 is 13.2 Å². The molecule has 1 saturated heterocycles. The molecule has 1 aliphatic rings. The van der Waals surface area contributed by atoms with Gasteiger partial charge in [-0.2, -0.15) is 18.3 Å². The molecule has 1 aliphatic heterocycles. The molecule has 0 saturated carbocycles. The fourth-order valence-electron chi connectivity index (χ4n) is 2.84. The molecule has 2 aromatic heterocycles. The van der Waals surface area contributed by atoms with Crippen molar-refractivity contribution in [1.82, 2.24) is 25.0 Å². The van der Waals surface area contributed by atoms with E-state index in [0.717, 1.165) is 35.4 Å². The molecule has 1 unspecified atom stereocenters. The third-order valence-corrected chi connectivity index (χ3v) is 3.86. The molecular formula is C15H18F3N5. The lowest BCUT2D eigenvalue weighted by Crippen LogP contribution is -2.45. The number of hydrogen-bond acceptors (Lipinski definition) is 4. The average molecular weight is 325 g/mol. The molecule has 3 rings (SSSR count). The molecule has 1 fully saturated rings. The molecule has 1 atom stereocenters. The Morgan fingerprint density at radius 2 is 2.04 bits per heavy atom. The molecule has 0 aliphatic carbocycles. The summed E-state index contributed by atoms with van der Waals surface area (Å²) in [6.45, 7) is 2.02. The first-order valence-corrected chi connectivity index (χ1v) is 7.44. The highest BCUT2D eigenvalue weighted by Gasteiger charge is 2.29. The molecule has 2 aromatic rings. The summed E-state index contributed by atoms with van der Waals surface area (Å²) in [5, 5.41) is 7.16. The quantitative estimate of drug-likeness (QED) is 0.934. The van der Waals surface area contributed by atoms with Gasteiger partial charge in [0.05, 0.1) is 6.20 Å². The van der Waals surface area contributed by atoms with E-state index < -0.39 is 12.7 Å². The van der Waals surface area contributed by atoms with Crippen molar-refractivity contribution in [3.05, 3.63) is 48.0 Å². The van der Waals surface area contributed by atoms with Gasteiger partial charge in [0, 0.05) is 56.4 Å². The molecule has 124 valence electrons. The first-order valence-electron chi connectivity index (χ1n) is 7.44. The van der Waals surface area contributed by atoms with Crippen LogP contribution in [-0.4, -0.2) is 45.5 Å². The van der Waals surface area contributed by atoms with Gasteiger partial charge in [-0.05, 0) is 17.7 Å². The van der Waals surface area contributed by atoms with Crippen molar-refractivity contribution >= 4 is 0 Å². The lowest BCUT2D eigenvalue weighted by atomic mass is 10.0. The fourth-order valence-corrected chi connectivity index (χ4v) is 2.84. The summed E-state index contributed by atoms with van der Waals surface area (Å²) < 4.78 is 38.2. The van der Waals surface area contributed by atoms with Gasteiger partial charge < -0.3 is 5.32 Å². The van der Waals surface area contributed by atoms with Crippen molar-refractivity contribution in [2.45, 2.75) is 25.3 Å².